The summed E-state index contributed by atoms with van der Waals surface area (Å²) in [4.78, 5) is 24.5. The third kappa shape index (κ3) is 7.16. The lowest BCUT2D eigenvalue weighted by atomic mass is 9.86. The summed E-state index contributed by atoms with van der Waals surface area (Å²) in [6, 6.07) is 6.64. The van der Waals surface area contributed by atoms with Crippen molar-refractivity contribution < 1.29 is 19.1 Å². The van der Waals surface area contributed by atoms with Crippen LogP contribution in [0.3, 0.4) is 0 Å². The van der Waals surface area contributed by atoms with E-state index in [2.05, 4.69) is 27.7 Å². The average Bonchev–Trinajstić information content (AvgIpc) is 2.51. The van der Waals surface area contributed by atoms with Gasteiger partial charge >= 0.3 is 11.9 Å². The molecule has 4 nitrogen and oxygen atoms in total. The fourth-order valence-corrected chi connectivity index (χ4v) is 2.63. The van der Waals surface area contributed by atoms with Gasteiger partial charge < -0.3 is 9.47 Å². The van der Waals surface area contributed by atoms with Crippen molar-refractivity contribution in [3.63, 3.8) is 0 Å². The summed E-state index contributed by atoms with van der Waals surface area (Å²) < 4.78 is 10.6. The van der Waals surface area contributed by atoms with E-state index in [9.17, 15) is 9.59 Å². The SMILES string of the molecule is CCCCOC(=O)c1ccccc1C(=O)OCC(C)CC(C)(C)C. The molecule has 0 bridgehead atoms. The number of hydrogen-bond acceptors (Lipinski definition) is 4. The van der Waals surface area contributed by atoms with Gasteiger partial charge in [0.15, 0.2) is 0 Å². The molecule has 4 heteroatoms. The second-order valence-corrected chi connectivity index (χ2v) is 7.50. The van der Waals surface area contributed by atoms with Gasteiger partial charge in [0, 0.05) is 0 Å². The van der Waals surface area contributed by atoms with Gasteiger partial charge in [0.1, 0.15) is 0 Å². The van der Waals surface area contributed by atoms with E-state index in [0.717, 1.165) is 19.3 Å². The first kappa shape index (κ1) is 20.2. The lowest BCUT2D eigenvalue weighted by molar-refractivity contribution is 0.0399. The van der Waals surface area contributed by atoms with Crippen LogP contribution in [0.5, 0.6) is 0 Å². The van der Waals surface area contributed by atoms with Gasteiger partial charge in [-0.15, -0.1) is 0 Å². The van der Waals surface area contributed by atoms with Gasteiger partial charge in [-0.3, -0.25) is 0 Å². The molecule has 134 valence electrons. The number of esters is 2. The molecular weight excluding hydrogens is 304 g/mol. The van der Waals surface area contributed by atoms with E-state index in [0.29, 0.717) is 13.2 Å². The monoisotopic (exact) mass is 334 g/mol. The Kier molecular flexibility index (Phi) is 7.96. The zero-order valence-electron chi connectivity index (χ0n) is 15.6. The van der Waals surface area contributed by atoms with Gasteiger partial charge in [-0.05, 0) is 36.3 Å². The van der Waals surface area contributed by atoms with Crippen molar-refractivity contribution in [2.45, 2.75) is 53.9 Å². The second kappa shape index (κ2) is 9.45. The molecule has 1 unspecified atom stereocenters. The van der Waals surface area contributed by atoms with Crippen LogP contribution in [0.1, 0.15) is 74.6 Å². The van der Waals surface area contributed by atoms with Crippen LogP contribution in [0.2, 0.25) is 0 Å². The van der Waals surface area contributed by atoms with Crippen molar-refractivity contribution in [1.82, 2.24) is 0 Å². The highest BCUT2D eigenvalue weighted by atomic mass is 16.5. The van der Waals surface area contributed by atoms with Gasteiger partial charge in [-0.25, -0.2) is 9.59 Å². The van der Waals surface area contributed by atoms with Crippen molar-refractivity contribution in [3.8, 4) is 0 Å². The molecule has 1 aromatic carbocycles. The Hall–Kier alpha value is -1.84. The predicted molar refractivity (Wildman–Crippen MR) is 95.2 cm³/mol. The molecule has 0 aliphatic carbocycles. The number of carbonyl (C=O) groups is 2. The maximum Gasteiger partial charge on any atom is 0.339 e. The minimum Gasteiger partial charge on any atom is -0.462 e. The summed E-state index contributed by atoms with van der Waals surface area (Å²) in [6.07, 6.45) is 2.71. The molecule has 0 amide bonds. The zero-order chi connectivity index (χ0) is 18.2. The van der Waals surface area contributed by atoms with E-state index >= 15 is 0 Å². The Labute approximate surface area is 145 Å². The molecule has 0 heterocycles. The molecule has 0 saturated heterocycles. The summed E-state index contributed by atoms with van der Waals surface area (Å²) in [6.45, 7) is 11.3. The van der Waals surface area contributed by atoms with E-state index in [1.807, 2.05) is 6.92 Å². The first-order valence-corrected chi connectivity index (χ1v) is 8.68. The predicted octanol–water partition coefficient (Wildman–Crippen LogP) is 4.87. The molecule has 0 radical (unpaired) electrons. The Balaban J connectivity index is 2.69. The zero-order valence-corrected chi connectivity index (χ0v) is 15.6. The average molecular weight is 334 g/mol. The third-order valence-electron chi connectivity index (χ3n) is 3.56. The highest BCUT2D eigenvalue weighted by molar-refractivity contribution is 6.03. The fraction of sp³-hybridized carbons (Fsp3) is 0.600. The third-order valence-corrected chi connectivity index (χ3v) is 3.56. The first-order chi connectivity index (χ1) is 11.2. The summed E-state index contributed by atoms with van der Waals surface area (Å²) in [5.74, 6) is -0.685. The van der Waals surface area contributed by atoms with E-state index in [-0.39, 0.29) is 22.5 Å². The molecule has 0 spiro atoms. The normalized spacial score (nSPS) is 12.5. The molecular formula is C20H30O4. The summed E-state index contributed by atoms with van der Waals surface area (Å²) >= 11 is 0. The van der Waals surface area contributed by atoms with Crippen LogP contribution in [0.25, 0.3) is 0 Å². The largest absolute Gasteiger partial charge is 0.462 e. The summed E-state index contributed by atoms with van der Waals surface area (Å²) in [5.41, 5.74) is 0.719. The Morgan fingerprint density at radius 3 is 2.08 bits per heavy atom. The van der Waals surface area contributed by atoms with E-state index in [1.165, 1.54) is 0 Å². The Morgan fingerprint density at radius 1 is 1.04 bits per heavy atom. The van der Waals surface area contributed by atoms with Gasteiger partial charge in [0.2, 0.25) is 0 Å². The van der Waals surface area contributed by atoms with Crippen LogP contribution < -0.4 is 0 Å². The number of carbonyl (C=O) groups excluding carboxylic acids is 2. The minimum atomic E-state index is -0.473. The number of rotatable bonds is 8. The second-order valence-electron chi connectivity index (χ2n) is 7.50. The van der Waals surface area contributed by atoms with E-state index < -0.39 is 11.9 Å². The van der Waals surface area contributed by atoms with Crippen LogP contribution in [0.15, 0.2) is 24.3 Å². The lowest BCUT2D eigenvalue weighted by Crippen LogP contribution is -2.19. The summed E-state index contributed by atoms with van der Waals surface area (Å²) in [7, 11) is 0. The highest BCUT2D eigenvalue weighted by Gasteiger charge is 2.21. The lowest BCUT2D eigenvalue weighted by Gasteiger charge is -2.23. The fourth-order valence-electron chi connectivity index (χ4n) is 2.63. The van der Waals surface area contributed by atoms with Crippen molar-refractivity contribution in [2.24, 2.45) is 11.3 Å². The van der Waals surface area contributed by atoms with Crippen molar-refractivity contribution >= 4 is 11.9 Å². The molecule has 1 aromatic rings. The number of hydrogen-bond donors (Lipinski definition) is 0. The van der Waals surface area contributed by atoms with Crippen LogP contribution in [-0.4, -0.2) is 25.2 Å². The molecule has 0 N–H and O–H groups in total. The highest BCUT2D eigenvalue weighted by Crippen LogP contribution is 2.24. The van der Waals surface area contributed by atoms with Crippen LogP contribution in [-0.2, 0) is 9.47 Å². The molecule has 0 aliphatic rings. The number of benzene rings is 1. The molecule has 1 atom stereocenters. The van der Waals surface area contributed by atoms with Gasteiger partial charge in [0.25, 0.3) is 0 Å². The molecule has 1 rings (SSSR count). The quantitative estimate of drug-likeness (QED) is 0.502. The van der Waals surface area contributed by atoms with Gasteiger partial charge in [-0.1, -0.05) is 53.2 Å². The molecule has 0 aromatic heterocycles. The number of ether oxygens (including phenoxy) is 2. The minimum absolute atomic E-state index is 0.187. The topological polar surface area (TPSA) is 52.6 Å². The van der Waals surface area contributed by atoms with Crippen LogP contribution in [0, 0.1) is 11.3 Å². The van der Waals surface area contributed by atoms with E-state index in [1.54, 1.807) is 24.3 Å². The maximum absolute atomic E-state index is 12.3. The molecule has 0 fully saturated rings. The smallest absolute Gasteiger partial charge is 0.339 e. The maximum atomic E-state index is 12.3. The summed E-state index contributed by atoms with van der Waals surface area (Å²) in [5, 5.41) is 0. The van der Waals surface area contributed by atoms with Gasteiger partial charge in [-0.2, -0.15) is 0 Å². The van der Waals surface area contributed by atoms with Crippen LogP contribution in [0.4, 0.5) is 0 Å². The van der Waals surface area contributed by atoms with Crippen molar-refractivity contribution in [3.05, 3.63) is 35.4 Å². The Bertz CT molecular complexity index is 543. The van der Waals surface area contributed by atoms with Crippen molar-refractivity contribution in [1.29, 1.82) is 0 Å². The van der Waals surface area contributed by atoms with Crippen molar-refractivity contribution in [2.75, 3.05) is 13.2 Å². The molecule has 0 aliphatic heterocycles. The van der Waals surface area contributed by atoms with Crippen LogP contribution >= 0.6 is 0 Å². The van der Waals surface area contributed by atoms with E-state index in [4.69, 9.17) is 9.47 Å². The number of unbranched alkanes of at least 4 members (excludes halogenated alkanes) is 1. The molecule has 24 heavy (non-hydrogen) atoms. The Morgan fingerprint density at radius 2 is 1.58 bits per heavy atom. The molecule has 0 saturated carbocycles. The standard InChI is InChI=1S/C20H30O4/c1-6-7-12-23-18(21)16-10-8-9-11-17(16)19(22)24-14-15(2)13-20(3,4)5/h8-11,15H,6-7,12-14H2,1-5H3. The van der Waals surface area contributed by atoms with Gasteiger partial charge in [0.05, 0.1) is 24.3 Å². The first-order valence-electron chi connectivity index (χ1n) is 8.68.